The summed E-state index contributed by atoms with van der Waals surface area (Å²) in [7, 11) is 0. The van der Waals surface area contributed by atoms with Crippen LogP contribution in [0.2, 0.25) is 0 Å². The Morgan fingerprint density at radius 1 is 1.19 bits per heavy atom. The van der Waals surface area contributed by atoms with E-state index in [0.717, 1.165) is 38.5 Å². The minimum atomic E-state index is 0.322. The summed E-state index contributed by atoms with van der Waals surface area (Å²) in [6.45, 7) is 7.31. The third-order valence-electron chi connectivity index (χ3n) is 4.65. The van der Waals surface area contributed by atoms with Crippen LogP contribution in [-0.2, 0) is 11.2 Å². The van der Waals surface area contributed by atoms with Gasteiger partial charge in [-0.15, -0.1) is 0 Å². The monoisotopic (exact) mass is 286 g/mol. The van der Waals surface area contributed by atoms with Crippen LogP contribution in [0.5, 0.6) is 0 Å². The second kappa shape index (κ2) is 6.61. The van der Waals surface area contributed by atoms with Crippen molar-refractivity contribution in [2.45, 2.75) is 32.6 Å². The quantitative estimate of drug-likeness (QED) is 0.830. The number of rotatable bonds is 5. The number of hydrogen-bond acceptors (Lipinski definition) is 2. The second-order valence-corrected chi connectivity index (χ2v) is 6.61. The zero-order chi connectivity index (χ0) is 14.7. The van der Waals surface area contributed by atoms with Crippen LogP contribution in [0.4, 0.5) is 0 Å². The standard InChI is InChI=1S/C18H26N2O/c1-15-3-2-4-16(13-15)7-8-18(21)20-11-9-19(10-12-20)14-17-5-6-17/h2-4,13,17H,5-12,14H2,1H3. The van der Waals surface area contributed by atoms with Crippen molar-refractivity contribution in [3.8, 4) is 0 Å². The van der Waals surface area contributed by atoms with E-state index in [9.17, 15) is 4.79 Å². The van der Waals surface area contributed by atoms with Gasteiger partial charge in [-0.2, -0.15) is 0 Å². The SMILES string of the molecule is Cc1cccc(CCC(=O)N2CCN(CC3CC3)CC2)c1. The molecule has 1 heterocycles. The fourth-order valence-electron chi connectivity index (χ4n) is 3.12. The average Bonchev–Trinajstić information content (AvgIpc) is 3.30. The second-order valence-electron chi connectivity index (χ2n) is 6.61. The van der Waals surface area contributed by atoms with Gasteiger partial charge in [-0.25, -0.2) is 0 Å². The molecule has 0 radical (unpaired) electrons. The van der Waals surface area contributed by atoms with Gasteiger partial charge in [0.15, 0.2) is 0 Å². The predicted molar refractivity (Wildman–Crippen MR) is 85.2 cm³/mol. The van der Waals surface area contributed by atoms with E-state index in [1.807, 2.05) is 0 Å². The molecule has 0 spiro atoms. The number of aryl methyl sites for hydroxylation is 2. The van der Waals surface area contributed by atoms with Gasteiger partial charge in [0, 0.05) is 39.1 Å². The highest BCUT2D eigenvalue weighted by Crippen LogP contribution is 2.29. The number of carbonyl (C=O) groups is 1. The smallest absolute Gasteiger partial charge is 0.222 e. The van der Waals surface area contributed by atoms with Crippen LogP contribution in [-0.4, -0.2) is 48.4 Å². The molecule has 2 fully saturated rings. The lowest BCUT2D eigenvalue weighted by Gasteiger charge is -2.34. The molecule has 0 bridgehead atoms. The van der Waals surface area contributed by atoms with Crippen molar-refractivity contribution in [1.82, 2.24) is 9.80 Å². The first-order chi connectivity index (χ1) is 10.2. The van der Waals surface area contributed by atoms with Crippen LogP contribution in [0.3, 0.4) is 0 Å². The Morgan fingerprint density at radius 2 is 1.95 bits per heavy atom. The van der Waals surface area contributed by atoms with E-state index < -0.39 is 0 Å². The first-order valence-electron chi connectivity index (χ1n) is 8.26. The highest BCUT2D eigenvalue weighted by molar-refractivity contribution is 5.76. The maximum atomic E-state index is 12.3. The summed E-state index contributed by atoms with van der Waals surface area (Å²) in [5, 5.41) is 0. The molecule has 1 saturated carbocycles. The van der Waals surface area contributed by atoms with Gasteiger partial charge in [-0.3, -0.25) is 9.69 Å². The van der Waals surface area contributed by atoms with Crippen molar-refractivity contribution in [3.05, 3.63) is 35.4 Å². The number of hydrogen-bond donors (Lipinski definition) is 0. The average molecular weight is 286 g/mol. The lowest BCUT2D eigenvalue weighted by molar-refractivity contribution is -0.132. The molecule has 3 heteroatoms. The lowest BCUT2D eigenvalue weighted by Crippen LogP contribution is -2.49. The van der Waals surface area contributed by atoms with Crippen molar-refractivity contribution in [1.29, 1.82) is 0 Å². The van der Waals surface area contributed by atoms with E-state index in [-0.39, 0.29) is 0 Å². The van der Waals surface area contributed by atoms with E-state index in [1.165, 1.54) is 30.5 Å². The van der Waals surface area contributed by atoms with E-state index in [4.69, 9.17) is 0 Å². The molecule has 21 heavy (non-hydrogen) atoms. The van der Waals surface area contributed by atoms with Gasteiger partial charge in [0.1, 0.15) is 0 Å². The molecular formula is C18H26N2O. The zero-order valence-electron chi connectivity index (χ0n) is 13.1. The van der Waals surface area contributed by atoms with E-state index in [0.29, 0.717) is 12.3 Å². The normalized spacial score (nSPS) is 19.8. The molecule has 0 N–H and O–H groups in total. The number of piperazine rings is 1. The minimum absolute atomic E-state index is 0.322. The van der Waals surface area contributed by atoms with Crippen molar-refractivity contribution < 1.29 is 4.79 Å². The summed E-state index contributed by atoms with van der Waals surface area (Å²) >= 11 is 0. The molecule has 1 aliphatic carbocycles. The van der Waals surface area contributed by atoms with Crippen LogP contribution in [0.15, 0.2) is 24.3 Å². The maximum Gasteiger partial charge on any atom is 0.222 e. The first kappa shape index (κ1) is 14.6. The van der Waals surface area contributed by atoms with E-state index in [1.54, 1.807) is 0 Å². The molecule has 1 saturated heterocycles. The molecule has 1 aromatic carbocycles. The van der Waals surface area contributed by atoms with Crippen LogP contribution in [0.25, 0.3) is 0 Å². The van der Waals surface area contributed by atoms with E-state index in [2.05, 4.69) is 41.0 Å². The Hall–Kier alpha value is -1.35. The van der Waals surface area contributed by atoms with Crippen LogP contribution in [0, 0.1) is 12.8 Å². The third-order valence-corrected chi connectivity index (χ3v) is 4.65. The Kier molecular flexibility index (Phi) is 4.59. The van der Waals surface area contributed by atoms with Crippen LogP contribution < -0.4 is 0 Å². The molecule has 3 nitrogen and oxygen atoms in total. The summed E-state index contributed by atoms with van der Waals surface area (Å²) in [6, 6.07) is 8.48. The first-order valence-corrected chi connectivity index (χ1v) is 8.26. The number of benzene rings is 1. The Balaban J connectivity index is 1.41. The van der Waals surface area contributed by atoms with Crippen molar-refractivity contribution in [3.63, 3.8) is 0 Å². The molecule has 1 aliphatic heterocycles. The Morgan fingerprint density at radius 3 is 2.62 bits per heavy atom. The third kappa shape index (κ3) is 4.31. The predicted octanol–water partition coefficient (Wildman–Crippen LogP) is 2.48. The zero-order valence-corrected chi connectivity index (χ0v) is 13.1. The van der Waals surface area contributed by atoms with Crippen molar-refractivity contribution >= 4 is 5.91 Å². The molecule has 3 rings (SSSR count). The van der Waals surface area contributed by atoms with Gasteiger partial charge in [-0.05, 0) is 37.7 Å². The topological polar surface area (TPSA) is 23.6 Å². The molecular weight excluding hydrogens is 260 g/mol. The largest absolute Gasteiger partial charge is 0.340 e. The van der Waals surface area contributed by atoms with Crippen LogP contribution in [0.1, 0.15) is 30.4 Å². The summed E-state index contributed by atoms with van der Waals surface area (Å²) in [6.07, 6.45) is 4.33. The molecule has 0 unspecified atom stereocenters. The van der Waals surface area contributed by atoms with Gasteiger partial charge in [-0.1, -0.05) is 29.8 Å². The summed E-state index contributed by atoms with van der Waals surface area (Å²) < 4.78 is 0. The van der Waals surface area contributed by atoms with Gasteiger partial charge >= 0.3 is 0 Å². The summed E-state index contributed by atoms with van der Waals surface area (Å²) in [4.78, 5) is 16.9. The highest BCUT2D eigenvalue weighted by Gasteiger charge is 2.27. The van der Waals surface area contributed by atoms with Crippen molar-refractivity contribution in [2.75, 3.05) is 32.7 Å². The molecule has 0 aromatic heterocycles. The maximum absolute atomic E-state index is 12.3. The highest BCUT2D eigenvalue weighted by atomic mass is 16.2. The van der Waals surface area contributed by atoms with Crippen molar-refractivity contribution in [2.24, 2.45) is 5.92 Å². The van der Waals surface area contributed by atoms with Gasteiger partial charge in [0.25, 0.3) is 0 Å². The van der Waals surface area contributed by atoms with Gasteiger partial charge in [0.2, 0.25) is 5.91 Å². The fraction of sp³-hybridized carbons (Fsp3) is 0.611. The number of nitrogens with zero attached hydrogens (tertiary/aromatic N) is 2. The summed E-state index contributed by atoms with van der Waals surface area (Å²) in [5.74, 6) is 1.27. The van der Waals surface area contributed by atoms with Crippen LogP contribution >= 0.6 is 0 Å². The van der Waals surface area contributed by atoms with E-state index >= 15 is 0 Å². The fourth-order valence-corrected chi connectivity index (χ4v) is 3.12. The Labute approximate surface area is 127 Å². The Bertz CT molecular complexity index is 488. The minimum Gasteiger partial charge on any atom is -0.340 e. The van der Waals surface area contributed by atoms with Gasteiger partial charge < -0.3 is 4.90 Å². The molecule has 1 aromatic rings. The molecule has 2 aliphatic rings. The molecule has 0 atom stereocenters. The summed E-state index contributed by atoms with van der Waals surface area (Å²) in [5.41, 5.74) is 2.55. The van der Waals surface area contributed by atoms with Gasteiger partial charge in [0.05, 0.1) is 0 Å². The number of amides is 1. The number of carbonyl (C=O) groups excluding carboxylic acids is 1. The molecule has 1 amide bonds. The molecule has 114 valence electrons. The lowest BCUT2D eigenvalue weighted by atomic mass is 10.1.